The van der Waals surface area contributed by atoms with Gasteiger partial charge in [0.1, 0.15) is 17.7 Å². The minimum atomic E-state index is -1.54. The van der Waals surface area contributed by atoms with E-state index in [9.17, 15) is 9.59 Å². The van der Waals surface area contributed by atoms with Gasteiger partial charge in [0.15, 0.2) is 6.29 Å². The van der Waals surface area contributed by atoms with Crippen LogP contribution in [0, 0.1) is 0 Å². The molecule has 23 heavy (non-hydrogen) atoms. The van der Waals surface area contributed by atoms with Gasteiger partial charge < -0.3 is 25.0 Å². The molecule has 1 aliphatic rings. The van der Waals surface area contributed by atoms with Crippen molar-refractivity contribution in [3.05, 3.63) is 0 Å². The largest absolute Gasteiger partial charge is 0.461 e. The molecule has 0 unspecified atom stereocenters. The summed E-state index contributed by atoms with van der Waals surface area (Å²) >= 11 is 0. The summed E-state index contributed by atoms with van der Waals surface area (Å²) in [6.07, 6.45) is 2.48. The lowest BCUT2D eigenvalue weighted by molar-refractivity contribution is -0.153. The Morgan fingerprint density at radius 3 is 2.26 bits per heavy atom. The van der Waals surface area contributed by atoms with Crippen molar-refractivity contribution in [1.29, 1.82) is 0 Å². The molecule has 0 radical (unpaired) electrons. The van der Waals surface area contributed by atoms with Gasteiger partial charge >= 0.3 is 12.1 Å². The average molecular weight is 331 g/mol. The van der Waals surface area contributed by atoms with Crippen LogP contribution in [0.3, 0.4) is 0 Å². The number of alkyl carbamates (subject to hydrolysis) is 1. The normalized spacial score (nSPS) is 17.7. The van der Waals surface area contributed by atoms with Gasteiger partial charge in [-0.25, -0.2) is 9.59 Å². The minimum absolute atomic E-state index is 0.0414. The Bertz CT molecular complexity index is 385. The van der Waals surface area contributed by atoms with Crippen molar-refractivity contribution in [2.45, 2.75) is 89.8 Å². The van der Waals surface area contributed by atoms with E-state index in [1.807, 2.05) is 0 Å². The first kappa shape index (κ1) is 19.7. The number of amides is 1. The van der Waals surface area contributed by atoms with E-state index in [0.29, 0.717) is 0 Å². The molecule has 1 atom stereocenters. The average Bonchev–Trinajstić information content (AvgIpc) is 2.42. The summed E-state index contributed by atoms with van der Waals surface area (Å²) in [5, 5.41) is 20.4. The zero-order valence-corrected chi connectivity index (χ0v) is 14.2. The van der Waals surface area contributed by atoms with Crippen LogP contribution in [0.15, 0.2) is 0 Å². The van der Waals surface area contributed by atoms with E-state index in [1.165, 1.54) is 0 Å². The fourth-order valence-corrected chi connectivity index (χ4v) is 2.44. The summed E-state index contributed by atoms with van der Waals surface area (Å²) in [6.45, 7) is 5.16. The Kier molecular flexibility index (Phi) is 7.78. The van der Waals surface area contributed by atoms with Crippen molar-refractivity contribution in [2.75, 3.05) is 0 Å². The Morgan fingerprint density at radius 2 is 1.74 bits per heavy atom. The molecular weight excluding hydrogens is 302 g/mol. The number of aliphatic hydroxyl groups is 2. The van der Waals surface area contributed by atoms with Gasteiger partial charge in [-0.05, 0) is 52.9 Å². The fourth-order valence-electron chi connectivity index (χ4n) is 2.44. The number of carbonyl (C=O) groups is 2. The summed E-state index contributed by atoms with van der Waals surface area (Å²) in [6, 6.07) is -0.950. The summed E-state index contributed by atoms with van der Waals surface area (Å²) < 4.78 is 10.6. The summed E-state index contributed by atoms with van der Waals surface area (Å²) in [5.41, 5.74) is -0.682. The number of esters is 1. The third-order valence-corrected chi connectivity index (χ3v) is 3.52. The molecule has 0 saturated heterocycles. The maximum atomic E-state index is 12.3. The lowest BCUT2D eigenvalue weighted by atomic mass is 9.98. The number of carbonyl (C=O) groups excluding carboxylic acids is 2. The predicted molar refractivity (Wildman–Crippen MR) is 83.6 cm³/mol. The first-order valence-electron chi connectivity index (χ1n) is 8.23. The zero-order chi connectivity index (χ0) is 17.5. The van der Waals surface area contributed by atoms with Crippen LogP contribution in [0.2, 0.25) is 0 Å². The van der Waals surface area contributed by atoms with Crippen LogP contribution in [0.25, 0.3) is 0 Å². The van der Waals surface area contributed by atoms with Gasteiger partial charge in [0.2, 0.25) is 0 Å². The van der Waals surface area contributed by atoms with Crippen LogP contribution >= 0.6 is 0 Å². The van der Waals surface area contributed by atoms with Crippen LogP contribution in [0.4, 0.5) is 4.79 Å². The summed E-state index contributed by atoms with van der Waals surface area (Å²) in [5.74, 6) is -0.552. The van der Waals surface area contributed by atoms with E-state index in [0.717, 1.165) is 32.1 Å². The molecule has 0 spiro atoms. The molecule has 7 nitrogen and oxygen atoms in total. The molecule has 1 saturated carbocycles. The lowest BCUT2D eigenvalue weighted by Gasteiger charge is -2.26. The van der Waals surface area contributed by atoms with E-state index in [4.69, 9.17) is 19.7 Å². The molecule has 0 aromatic carbocycles. The van der Waals surface area contributed by atoms with Gasteiger partial charge in [-0.3, -0.25) is 0 Å². The van der Waals surface area contributed by atoms with Gasteiger partial charge in [0, 0.05) is 6.42 Å². The SMILES string of the molecule is CC(C)(C)OC(=O)N[C@@H](CCC(O)O)C(=O)OC1CCCCC1. The van der Waals surface area contributed by atoms with Gasteiger partial charge in [-0.1, -0.05) is 6.42 Å². The van der Waals surface area contributed by atoms with Crippen LogP contribution < -0.4 is 5.32 Å². The van der Waals surface area contributed by atoms with Crippen LogP contribution in [-0.4, -0.2) is 46.3 Å². The highest BCUT2D eigenvalue weighted by molar-refractivity contribution is 5.81. The standard InChI is InChI=1S/C16H29NO6/c1-16(2,3)23-15(21)17-12(9-10-13(18)19)14(20)22-11-7-5-4-6-8-11/h11-13,18-19H,4-10H2,1-3H3,(H,17,21)/t12-/m0/s1. The number of hydrogen-bond acceptors (Lipinski definition) is 6. The first-order chi connectivity index (χ1) is 10.7. The van der Waals surface area contributed by atoms with Gasteiger partial charge in [-0.15, -0.1) is 0 Å². The van der Waals surface area contributed by atoms with Crippen LogP contribution in [-0.2, 0) is 14.3 Å². The Hall–Kier alpha value is -1.34. The predicted octanol–water partition coefficient (Wildman–Crippen LogP) is 1.85. The van der Waals surface area contributed by atoms with Gasteiger partial charge in [0.05, 0.1) is 0 Å². The number of nitrogens with one attached hydrogen (secondary N) is 1. The molecular formula is C16H29NO6. The molecule has 1 aliphatic carbocycles. The molecule has 0 aliphatic heterocycles. The summed E-state index contributed by atoms with van der Waals surface area (Å²) in [7, 11) is 0. The lowest BCUT2D eigenvalue weighted by Crippen LogP contribution is -2.45. The molecule has 0 aromatic rings. The van der Waals surface area contributed by atoms with Crippen molar-refractivity contribution >= 4 is 12.1 Å². The highest BCUT2D eigenvalue weighted by Crippen LogP contribution is 2.21. The number of aliphatic hydroxyl groups excluding tert-OH is 1. The molecule has 134 valence electrons. The molecule has 1 amide bonds. The second-order valence-corrected chi connectivity index (χ2v) is 6.95. The molecule has 7 heteroatoms. The molecule has 0 aromatic heterocycles. The maximum Gasteiger partial charge on any atom is 0.408 e. The fraction of sp³-hybridized carbons (Fsp3) is 0.875. The number of rotatable bonds is 6. The first-order valence-corrected chi connectivity index (χ1v) is 8.23. The third-order valence-electron chi connectivity index (χ3n) is 3.52. The quantitative estimate of drug-likeness (QED) is 0.507. The molecule has 0 bridgehead atoms. The zero-order valence-electron chi connectivity index (χ0n) is 14.2. The Balaban J connectivity index is 2.58. The van der Waals surface area contributed by atoms with E-state index in [1.54, 1.807) is 20.8 Å². The van der Waals surface area contributed by atoms with Gasteiger partial charge in [-0.2, -0.15) is 0 Å². The highest BCUT2D eigenvalue weighted by atomic mass is 16.6. The van der Waals surface area contributed by atoms with Crippen molar-refractivity contribution in [2.24, 2.45) is 0 Å². The summed E-state index contributed by atoms with van der Waals surface area (Å²) in [4.78, 5) is 24.1. The van der Waals surface area contributed by atoms with Gasteiger partial charge in [0.25, 0.3) is 0 Å². The van der Waals surface area contributed by atoms with Crippen LogP contribution in [0.5, 0.6) is 0 Å². The van der Waals surface area contributed by atoms with E-state index in [2.05, 4.69) is 5.32 Å². The second kappa shape index (κ2) is 9.08. The molecule has 1 fully saturated rings. The topological polar surface area (TPSA) is 105 Å². The maximum absolute atomic E-state index is 12.3. The Labute approximate surface area is 137 Å². The van der Waals surface area contributed by atoms with Crippen LogP contribution in [0.1, 0.15) is 65.7 Å². The minimum Gasteiger partial charge on any atom is -0.461 e. The third kappa shape index (κ3) is 8.76. The van der Waals surface area contributed by atoms with E-state index >= 15 is 0 Å². The molecule has 1 rings (SSSR count). The van der Waals surface area contributed by atoms with Crippen molar-refractivity contribution in [3.63, 3.8) is 0 Å². The Morgan fingerprint density at radius 1 is 1.13 bits per heavy atom. The molecule has 0 heterocycles. The van der Waals surface area contributed by atoms with E-state index in [-0.39, 0.29) is 18.9 Å². The smallest absolute Gasteiger partial charge is 0.408 e. The monoisotopic (exact) mass is 331 g/mol. The van der Waals surface area contributed by atoms with E-state index < -0.39 is 30.0 Å². The van der Waals surface area contributed by atoms with Crippen molar-refractivity contribution < 1.29 is 29.3 Å². The highest BCUT2D eigenvalue weighted by Gasteiger charge is 2.28. The number of hydrogen-bond donors (Lipinski definition) is 3. The molecule has 3 N–H and O–H groups in total. The second-order valence-electron chi connectivity index (χ2n) is 6.95. The van der Waals surface area contributed by atoms with Crippen molar-refractivity contribution in [3.8, 4) is 0 Å². The number of ether oxygens (including phenoxy) is 2. The van der Waals surface area contributed by atoms with Crippen molar-refractivity contribution in [1.82, 2.24) is 5.32 Å².